The molecule has 92 valence electrons. The Hall–Kier alpha value is -0.270. The van der Waals surface area contributed by atoms with Gasteiger partial charge in [-0.25, -0.2) is 13.1 Å². The monoisotopic (exact) mass is 245 g/mol. The molecule has 0 aromatic rings. The van der Waals surface area contributed by atoms with Crippen molar-refractivity contribution in [3.8, 4) is 0 Å². The lowest BCUT2D eigenvalue weighted by atomic mass is 9.89. The molecule has 0 fully saturated rings. The first-order valence-corrected chi connectivity index (χ1v) is 6.04. The first-order valence-electron chi connectivity index (χ1n) is 4.49. The molecule has 0 aliphatic rings. The second-order valence-electron chi connectivity index (χ2n) is 4.57. The molecule has 0 rings (SSSR count). The maximum Gasteiger partial charge on any atom is 0.350 e. The minimum Gasteiger partial charge on any atom is -0.392 e. The van der Waals surface area contributed by atoms with E-state index in [1.165, 1.54) is 0 Å². The molecule has 0 bridgehead atoms. The third kappa shape index (κ3) is 6.75. The predicted octanol–water partition coefficient (Wildman–Crippen LogP) is 0.926. The SMILES string of the molecule is CC(C)(C)CC(O)CNS(=O)(=O)C(F)F. The number of halogens is 2. The Morgan fingerprint density at radius 1 is 1.33 bits per heavy atom. The maximum atomic E-state index is 11.9. The molecule has 0 amide bonds. The van der Waals surface area contributed by atoms with Gasteiger partial charge in [0.05, 0.1) is 6.10 Å². The van der Waals surface area contributed by atoms with E-state index in [0.29, 0.717) is 6.42 Å². The van der Waals surface area contributed by atoms with E-state index in [4.69, 9.17) is 0 Å². The summed E-state index contributed by atoms with van der Waals surface area (Å²) >= 11 is 0. The van der Waals surface area contributed by atoms with Crippen molar-refractivity contribution in [2.45, 2.75) is 39.1 Å². The first-order chi connectivity index (χ1) is 6.54. The van der Waals surface area contributed by atoms with Gasteiger partial charge in [-0.05, 0) is 11.8 Å². The summed E-state index contributed by atoms with van der Waals surface area (Å²) in [4.78, 5) is 0. The van der Waals surface area contributed by atoms with Gasteiger partial charge in [-0.2, -0.15) is 8.78 Å². The average molecular weight is 245 g/mol. The Bertz CT molecular complexity index is 285. The van der Waals surface area contributed by atoms with Crippen LogP contribution in [0.3, 0.4) is 0 Å². The third-order valence-electron chi connectivity index (χ3n) is 1.60. The number of rotatable bonds is 5. The highest BCUT2D eigenvalue weighted by Gasteiger charge is 2.25. The van der Waals surface area contributed by atoms with Gasteiger partial charge in [0, 0.05) is 6.54 Å². The van der Waals surface area contributed by atoms with Gasteiger partial charge in [-0.15, -0.1) is 0 Å². The van der Waals surface area contributed by atoms with Gasteiger partial charge in [0.15, 0.2) is 0 Å². The number of alkyl halides is 2. The van der Waals surface area contributed by atoms with Crippen molar-refractivity contribution in [1.82, 2.24) is 4.72 Å². The number of hydrogen-bond donors (Lipinski definition) is 2. The van der Waals surface area contributed by atoms with Crippen molar-refractivity contribution < 1.29 is 22.3 Å². The van der Waals surface area contributed by atoms with Gasteiger partial charge in [0.25, 0.3) is 10.0 Å². The number of aliphatic hydroxyl groups is 1. The normalized spacial score (nSPS) is 15.7. The molecule has 0 aromatic carbocycles. The van der Waals surface area contributed by atoms with Crippen molar-refractivity contribution >= 4 is 10.0 Å². The maximum absolute atomic E-state index is 11.9. The summed E-state index contributed by atoms with van der Waals surface area (Å²) in [5.41, 5.74) is -0.185. The van der Waals surface area contributed by atoms with Gasteiger partial charge < -0.3 is 5.11 Å². The fourth-order valence-corrected chi connectivity index (χ4v) is 1.61. The molecule has 0 spiro atoms. The Morgan fingerprint density at radius 3 is 2.13 bits per heavy atom. The van der Waals surface area contributed by atoms with Crippen LogP contribution in [0.1, 0.15) is 27.2 Å². The predicted molar refractivity (Wildman–Crippen MR) is 53.0 cm³/mol. The highest BCUT2D eigenvalue weighted by Crippen LogP contribution is 2.20. The Labute approximate surface area is 88.7 Å². The van der Waals surface area contributed by atoms with Crippen molar-refractivity contribution in [3.63, 3.8) is 0 Å². The van der Waals surface area contributed by atoms with Crippen LogP contribution in [-0.2, 0) is 10.0 Å². The van der Waals surface area contributed by atoms with E-state index in [2.05, 4.69) is 0 Å². The average Bonchev–Trinajstić information content (AvgIpc) is 1.97. The summed E-state index contributed by atoms with van der Waals surface area (Å²) in [6, 6.07) is 0. The zero-order valence-corrected chi connectivity index (χ0v) is 9.81. The van der Waals surface area contributed by atoms with Crippen LogP contribution in [0.25, 0.3) is 0 Å². The quantitative estimate of drug-likeness (QED) is 0.757. The van der Waals surface area contributed by atoms with Crippen LogP contribution in [0.5, 0.6) is 0 Å². The van der Waals surface area contributed by atoms with Crippen LogP contribution in [-0.4, -0.2) is 31.9 Å². The third-order valence-corrected chi connectivity index (χ3v) is 2.64. The molecular formula is C8H17F2NO3S. The lowest BCUT2D eigenvalue weighted by Gasteiger charge is -2.22. The number of nitrogens with one attached hydrogen (secondary N) is 1. The van der Waals surface area contributed by atoms with Crippen molar-refractivity contribution in [2.24, 2.45) is 5.41 Å². The molecule has 7 heteroatoms. The molecular weight excluding hydrogens is 228 g/mol. The summed E-state index contributed by atoms with van der Waals surface area (Å²) in [7, 11) is -4.59. The Kier molecular flexibility index (Phi) is 5.08. The second-order valence-corrected chi connectivity index (χ2v) is 6.31. The van der Waals surface area contributed by atoms with Crippen LogP contribution in [0.2, 0.25) is 0 Å². The lowest BCUT2D eigenvalue weighted by molar-refractivity contribution is 0.124. The van der Waals surface area contributed by atoms with E-state index in [0.717, 1.165) is 0 Å². The molecule has 1 atom stereocenters. The summed E-state index contributed by atoms with van der Waals surface area (Å²) < 4.78 is 46.6. The topological polar surface area (TPSA) is 66.4 Å². The van der Waals surface area contributed by atoms with Crippen LogP contribution in [0.15, 0.2) is 0 Å². The molecule has 1 unspecified atom stereocenters. The fraction of sp³-hybridized carbons (Fsp3) is 1.00. The van der Waals surface area contributed by atoms with Gasteiger partial charge >= 0.3 is 5.76 Å². The van der Waals surface area contributed by atoms with E-state index in [-0.39, 0.29) is 12.0 Å². The van der Waals surface area contributed by atoms with E-state index >= 15 is 0 Å². The summed E-state index contributed by atoms with van der Waals surface area (Å²) in [6.07, 6.45) is -0.628. The van der Waals surface area contributed by atoms with E-state index in [1.54, 1.807) is 4.72 Å². The minimum absolute atomic E-state index is 0.185. The molecule has 0 aliphatic carbocycles. The van der Waals surface area contributed by atoms with Gasteiger partial charge in [-0.3, -0.25) is 0 Å². The number of sulfonamides is 1. The molecule has 15 heavy (non-hydrogen) atoms. The summed E-state index contributed by atoms with van der Waals surface area (Å²) in [5, 5.41) is 9.36. The first kappa shape index (κ1) is 14.7. The summed E-state index contributed by atoms with van der Waals surface area (Å²) in [6.45, 7) is 5.19. The van der Waals surface area contributed by atoms with Crippen molar-refractivity contribution in [1.29, 1.82) is 0 Å². The zero-order valence-electron chi connectivity index (χ0n) is 9.00. The molecule has 0 radical (unpaired) electrons. The van der Waals surface area contributed by atoms with E-state index in [9.17, 15) is 22.3 Å². The Morgan fingerprint density at radius 2 is 1.80 bits per heavy atom. The van der Waals surface area contributed by atoms with E-state index < -0.39 is 21.9 Å². The van der Waals surface area contributed by atoms with Crippen molar-refractivity contribution in [3.05, 3.63) is 0 Å². The standard InChI is InChI=1S/C8H17F2NO3S/c1-8(2,3)4-6(12)5-11-15(13,14)7(9)10/h6-7,11-12H,4-5H2,1-3H3. The Balaban J connectivity index is 4.08. The molecule has 0 saturated heterocycles. The highest BCUT2D eigenvalue weighted by atomic mass is 32.2. The van der Waals surface area contributed by atoms with Crippen molar-refractivity contribution in [2.75, 3.05) is 6.54 Å². The number of aliphatic hydroxyl groups excluding tert-OH is 1. The summed E-state index contributed by atoms with van der Waals surface area (Å²) in [5.74, 6) is -3.46. The largest absolute Gasteiger partial charge is 0.392 e. The van der Waals surface area contributed by atoms with Gasteiger partial charge in [0.1, 0.15) is 0 Å². The smallest absolute Gasteiger partial charge is 0.350 e. The van der Waals surface area contributed by atoms with Crippen LogP contribution >= 0.6 is 0 Å². The number of hydrogen-bond acceptors (Lipinski definition) is 3. The van der Waals surface area contributed by atoms with E-state index in [1.807, 2.05) is 20.8 Å². The van der Waals surface area contributed by atoms with Gasteiger partial charge in [0.2, 0.25) is 0 Å². The fourth-order valence-electron chi connectivity index (χ4n) is 1.05. The zero-order chi connectivity index (χ0) is 12.3. The minimum atomic E-state index is -4.59. The van der Waals surface area contributed by atoms with Crippen LogP contribution < -0.4 is 4.72 Å². The van der Waals surface area contributed by atoms with Crippen LogP contribution in [0.4, 0.5) is 8.78 Å². The van der Waals surface area contributed by atoms with Crippen LogP contribution in [0, 0.1) is 5.41 Å². The molecule has 4 nitrogen and oxygen atoms in total. The van der Waals surface area contributed by atoms with Gasteiger partial charge in [-0.1, -0.05) is 20.8 Å². The second kappa shape index (κ2) is 5.18. The molecule has 0 aliphatic heterocycles. The highest BCUT2D eigenvalue weighted by molar-refractivity contribution is 7.89. The molecule has 2 N–H and O–H groups in total. The lowest BCUT2D eigenvalue weighted by Crippen LogP contribution is -2.37. The molecule has 0 saturated carbocycles. The molecule has 0 heterocycles. The molecule has 0 aromatic heterocycles.